The highest BCUT2D eigenvalue weighted by Gasteiger charge is 2.08. The van der Waals surface area contributed by atoms with E-state index in [4.69, 9.17) is 0 Å². The zero-order valence-electron chi connectivity index (χ0n) is 13.5. The standard InChI is InChI=1S/C13H24N4O2S2.HI/c1-5-14-13(15-7-6-8-21(4,18)19)17(3)9-12-10-20-11(2)16-12;/h10H,5-9H2,1-4H3,(H,14,15);1H. The molecule has 0 radical (unpaired) electrons. The number of nitrogens with zero attached hydrogens (tertiary/aromatic N) is 3. The third kappa shape index (κ3) is 8.89. The molecular weight excluding hydrogens is 435 g/mol. The summed E-state index contributed by atoms with van der Waals surface area (Å²) in [5.41, 5.74) is 1.02. The maximum atomic E-state index is 11.1. The first-order valence-corrected chi connectivity index (χ1v) is 9.84. The Morgan fingerprint density at radius 3 is 2.68 bits per heavy atom. The summed E-state index contributed by atoms with van der Waals surface area (Å²) in [6.07, 6.45) is 1.79. The second kappa shape index (κ2) is 10.4. The Morgan fingerprint density at radius 1 is 1.50 bits per heavy atom. The Hall–Kier alpha value is -0.420. The fourth-order valence-corrected chi connectivity index (χ4v) is 3.04. The van der Waals surface area contributed by atoms with E-state index in [9.17, 15) is 8.42 Å². The molecule has 0 atom stereocenters. The van der Waals surface area contributed by atoms with Crippen LogP contribution in [0.2, 0.25) is 0 Å². The molecule has 1 aromatic rings. The van der Waals surface area contributed by atoms with Gasteiger partial charge in [-0.2, -0.15) is 0 Å². The second-order valence-corrected chi connectivity index (χ2v) is 8.25. The van der Waals surface area contributed by atoms with Gasteiger partial charge in [-0.1, -0.05) is 0 Å². The highest BCUT2D eigenvalue weighted by atomic mass is 127. The van der Waals surface area contributed by atoms with Crippen molar-refractivity contribution in [3.8, 4) is 0 Å². The minimum atomic E-state index is -2.91. The van der Waals surface area contributed by atoms with Crippen LogP contribution in [0.25, 0.3) is 0 Å². The summed E-state index contributed by atoms with van der Waals surface area (Å²) >= 11 is 1.63. The third-order valence-corrected chi connectivity index (χ3v) is 4.55. The average Bonchev–Trinajstić information content (AvgIpc) is 2.77. The number of aromatic nitrogens is 1. The van der Waals surface area contributed by atoms with Crippen LogP contribution < -0.4 is 5.32 Å². The topological polar surface area (TPSA) is 74.7 Å². The first kappa shape index (κ1) is 21.6. The van der Waals surface area contributed by atoms with Crippen LogP contribution in [-0.4, -0.2) is 56.4 Å². The van der Waals surface area contributed by atoms with Crippen molar-refractivity contribution in [2.24, 2.45) is 4.99 Å². The summed E-state index contributed by atoms with van der Waals surface area (Å²) in [6.45, 7) is 5.94. The Bertz CT molecular complexity index is 572. The fourth-order valence-electron chi connectivity index (χ4n) is 1.78. The van der Waals surface area contributed by atoms with Gasteiger partial charge in [0.15, 0.2) is 5.96 Å². The molecule has 0 saturated carbocycles. The molecule has 0 bridgehead atoms. The normalized spacial score (nSPS) is 11.9. The van der Waals surface area contributed by atoms with Crippen LogP contribution in [0, 0.1) is 6.92 Å². The fraction of sp³-hybridized carbons (Fsp3) is 0.692. The van der Waals surface area contributed by atoms with E-state index in [1.54, 1.807) is 11.3 Å². The Kier molecular flexibility index (Phi) is 10.2. The number of halogens is 1. The van der Waals surface area contributed by atoms with E-state index in [0.717, 1.165) is 23.2 Å². The van der Waals surface area contributed by atoms with Gasteiger partial charge in [0, 0.05) is 31.8 Å². The monoisotopic (exact) mass is 460 g/mol. The number of sulfone groups is 1. The zero-order chi connectivity index (χ0) is 15.9. The van der Waals surface area contributed by atoms with Crippen molar-refractivity contribution < 1.29 is 8.42 Å². The summed E-state index contributed by atoms with van der Waals surface area (Å²) in [4.78, 5) is 10.9. The molecule has 0 saturated heterocycles. The van der Waals surface area contributed by atoms with E-state index < -0.39 is 9.84 Å². The predicted octanol–water partition coefficient (Wildman–Crippen LogP) is 1.90. The number of aliphatic imine (C=N–C) groups is 1. The number of nitrogens with one attached hydrogen (secondary N) is 1. The highest BCUT2D eigenvalue weighted by Crippen LogP contribution is 2.09. The van der Waals surface area contributed by atoms with Crippen LogP contribution in [0.15, 0.2) is 10.4 Å². The predicted molar refractivity (Wildman–Crippen MR) is 104 cm³/mol. The molecule has 0 aliphatic carbocycles. The maximum absolute atomic E-state index is 11.1. The first-order valence-electron chi connectivity index (χ1n) is 6.90. The molecule has 0 unspecified atom stereocenters. The van der Waals surface area contributed by atoms with Crippen molar-refractivity contribution in [3.63, 3.8) is 0 Å². The van der Waals surface area contributed by atoms with Crippen LogP contribution in [-0.2, 0) is 16.4 Å². The molecule has 0 aliphatic heterocycles. The van der Waals surface area contributed by atoms with Gasteiger partial charge in [-0.25, -0.2) is 13.4 Å². The van der Waals surface area contributed by atoms with Crippen LogP contribution in [0.4, 0.5) is 0 Å². The van der Waals surface area contributed by atoms with Gasteiger partial charge in [0.05, 0.1) is 23.0 Å². The van der Waals surface area contributed by atoms with Gasteiger partial charge in [-0.05, 0) is 20.3 Å². The van der Waals surface area contributed by atoms with Gasteiger partial charge in [0.1, 0.15) is 9.84 Å². The minimum Gasteiger partial charge on any atom is -0.357 e. The molecule has 1 heterocycles. The average molecular weight is 460 g/mol. The lowest BCUT2D eigenvalue weighted by molar-refractivity contribution is 0.471. The molecule has 1 aromatic heterocycles. The number of hydrogen-bond donors (Lipinski definition) is 1. The molecular formula is C13H25IN4O2S2. The molecule has 0 fully saturated rings. The van der Waals surface area contributed by atoms with E-state index in [2.05, 4.69) is 15.3 Å². The minimum absolute atomic E-state index is 0. The van der Waals surface area contributed by atoms with Crippen LogP contribution in [0.1, 0.15) is 24.0 Å². The van der Waals surface area contributed by atoms with E-state index in [1.807, 2.05) is 31.2 Å². The van der Waals surface area contributed by atoms with Crippen LogP contribution in [0.3, 0.4) is 0 Å². The molecule has 128 valence electrons. The highest BCUT2D eigenvalue weighted by molar-refractivity contribution is 14.0. The molecule has 0 aromatic carbocycles. The van der Waals surface area contributed by atoms with Crippen LogP contribution >= 0.6 is 35.3 Å². The van der Waals surface area contributed by atoms with Gasteiger partial charge >= 0.3 is 0 Å². The quantitative estimate of drug-likeness (QED) is 0.291. The van der Waals surface area contributed by atoms with Crippen molar-refractivity contribution in [2.45, 2.75) is 26.8 Å². The summed E-state index contributed by atoms with van der Waals surface area (Å²) in [6, 6.07) is 0. The van der Waals surface area contributed by atoms with Crippen molar-refractivity contribution in [1.82, 2.24) is 15.2 Å². The Morgan fingerprint density at radius 2 is 2.18 bits per heavy atom. The lowest BCUT2D eigenvalue weighted by Gasteiger charge is -2.21. The maximum Gasteiger partial charge on any atom is 0.194 e. The van der Waals surface area contributed by atoms with E-state index in [-0.39, 0.29) is 29.7 Å². The summed E-state index contributed by atoms with van der Waals surface area (Å²) < 4.78 is 22.2. The SMILES string of the molecule is CCNC(=NCCCS(C)(=O)=O)N(C)Cc1csc(C)n1.I. The number of rotatable bonds is 7. The summed E-state index contributed by atoms with van der Waals surface area (Å²) in [5.74, 6) is 0.946. The molecule has 0 spiro atoms. The lowest BCUT2D eigenvalue weighted by atomic mass is 10.4. The largest absolute Gasteiger partial charge is 0.357 e. The Balaban J connectivity index is 0.00000441. The molecule has 1 N–H and O–H groups in total. The molecule has 22 heavy (non-hydrogen) atoms. The van der Waals surface area contributed by atoms with E-state index in [0.29, 0.717) is 19.5 Å². The van der Waals surface area contributed by atoms with Crippen molar-refractivity contribution in [1.29, 1.82) is 0 Å². The summed E-state index contributed by atoms with van der Waals surface area (Å²) in [7, 11) is -0.961. The number of thiazole rings is 1. The summed E-state index contributed by atoms with van der Waals surface area (Å²) in [5, 5.41) is 6.30. The van der Waals surface area contributed by atoms with Crippen molar-refractivity contribution >= 4 is 51.1 Å². The van der Waals surface area contributed by atoms with Gasteiger partial charge in [0.2, 0.25) is 0 Å². The second-order valence-electron chi connectivity index (χ2n) is 4.93. The van der Waals surface area contributed by atoms with Gasteiger partial charge in [-0.3, -0.25) is 4.99 Å². The van der Waals surface area contributed by atoms with E-state index in [1.165, 1.54) is 6.26 Å². The first-order chi connectivity index (χ1) is 9.81. The van der Waals surface area contributed by atoms with E-state index >= 15 is 0 Å². The van der Waals surface area contributed by atoms with Gasteiger partial charge in [-0.15, -0.1) is 35.3 Å². The number of hydrogen-bond acceptors (Lipinski definition) is 5. The van der Waals surface area contributed by atoms with Crippen molar-refractivity contribution in [3.05, 3.63) is 16.1 Å². The lowest BCUT2D eigenvalue weighted by Crippen LogP contribution is -2.38. The number of aryl methyl sites for hydroxylation is 1. The number of guanidine groups is 1. The van der Waals surface area contributed by atoms with Crippen molar-refractivity contribution in [2.75, 3.05) is 32.1 Å². The van der Waals surface area contributed by atoms with Crippen LogP contribution in [0.5, 0.6) is 0 Å². The molecule has 0 amide bonds. The van der Waals surface area contributed by atoms with Gasteiger partial charge in [0.25, 0.3) is 0 Å². The molecule has 0 aliphatic rings. The van der Waals surface area contributed by atoms with Gasteiger partial charge < -0.3 is 10.2 Å². The smallest absolute Gasteiger partial charge is 0.194 e. The Labute approximate surface area is 154 Å². The zero-order valence-corrected chi connectivity index (χ0v) is 17.5. The molecule has 9 heteroatoms. The third-order valence-electron chi connectivity index (χ3n) is 2.70. The molecule has 6 nitrogen and oxygen atoms in total. The molecule has 1 rings (SSSR count).